The van der Waals surface area contributed by atoms with E-state index in [9.17, 15) is 0 Å². The van der Waals surface area contributed by atoms with Crippen LogP contribution in [0.3, 0.4) is 0 Å². The van der Waals surface area contributed by atoms with E-state index in [4.69, 9.17) is 14.2 Å². The molecule has 2 aliphatic rings. The number of piperidine rings is 1. The lowest BCUT2D eigenvalue weighted by atomic mass is 9.98. The van der Waals surface area contributed by atoms with Gasteiger partial charge in [0.1, 0.15) is 5.75 Å². The fourth-order valence-corrected chi connectivity index (χ4v) is 4.00. The second kappa shape index (κ2) is 8.28. The maximum Gasteiger partial charge on any atom is 0.164 e. The Hall–Kier alpha value is -1.17. The van der Waals surface area contributed by atoms with Crippen LogP contribution in [-0.4, -0.2) is 51.4 Å². The van der Waals surface area contributed by atoms with Crippen molar-refractivity contribution in [2.45, 2.75) is 50.4 Å². The van der Waals surface area contributed by atoms with Crippen molar-refractivity contribution in [1.82, 2.24) is 10.2 Å². The van der Waals surface area contributed by atoms with E-state index in [2.05, 4.69) is 17.3 Å². The molecule has 0 radical (unpaired) electrons. The van der Waals surface area contributed by atoms with E-state index >= 15 is 0 Å². The van der Waals surface area contributed by atoms with Gasteiger partial charge in [-0.15, -0.1) is 12.4 Å². The molecule has 6 heteroatoms. The highest BCUT2D eigenvalue weighted by molar-refractivity contribution is 5.85. The maximum atomic E-state index is 5.56. The third kappa shape index (κ3) is 3.90. The van der Waals surface area contributed by atoms with Gasteiger partial charge in [-0.05, 0) is 38.8 Å². The zero-order valence-electron chi connectivity index (χ0n) is 15.0. The number of ether oxygens (including phenoxy) is 3. The summed E-state index contributed by atoms with van der Waals surface area (Å²) in [5.41, 5.74) is 1.14. The number of hydrogen-bond donors (Lipinski definition) is 1. The van der Waals surface area contributed by atoms with Crippen molar-refractivity contribution in [2.24, 2.45) is 0 Å². The van der Waals surface area contributed by atoms with E-state index in [1.54, 1.807) is 21.3 Å². The van der Waals surface area contributed by atoms with Gasteiger partial charge in [-0.2, -0.15) is 0 Å². The average molecular weight is 357 g/mol. The molecule has 2 unspecified atom stereocenters. The summed E-state index contributed by atoms with van der Waals surface area (Å²) in [5, 5.41) is 3.71. The summed E-state index contributed by atoms with van der Waals surface area (Å²) in [6.45, 7) is 0.855. The number of nitrogens with one attached hydrogen (secondary N) is 1. The van der Waals surface area contributed by atoms with Crippen LogP contribution in [0.1, 0.15) is 31.2 Å². The number of methoxy groups -OCH3 is 3. The molecule has 2 saturated heterocycles. The van der Waals surface area contributed by atoms with Crippen LogP contribution in [-0.2, 0) is 6.54 Å². The largest absolute Gasteiger partial charge is 0.496 e. The smallest absolute Gasteiger partial charge is 0.164 e. The number of halogens is 1. The normalized spacial score (nSPS) is 25.3. The van der Waals surface area contributed by atoms with Gasteiger partial charge in [0.15, 0.2) is 11.5 Å². The van der Waals surface area contributed by atoms with Crippen molar-refractivity contribution >= 4 is 12.4 Å². The van der Waals surface area contributed by atoms with Crippen molar-refractivity contribution in [1.29, 1.82) is 0 Å². The molecule has 0 aromatic heterocycles. The molecule has 3 rings (SSSR count). The lowest BCUT2D eigenvalue weighted by Crippen LogP contribution is -2.46. The molecule has 2 aliphatic heterocycles. The molecule has 0 aliphatic carbocycles. The fourth-order valence-electron chi connectivity index (χ4n) is 4.00. The summed E-state index contributed by atoms with van der Waals surface area (Å²) in [4.78, 5) is 2.45. The summed E-state index contributed by atoms with van der Waals surface area (Å²) >= 11 is 0. The van der Waals surface area contributed by atoms with Crippen LogP contribution in [0, 0.1) is 0 Å². The van der Waals surface area contributed by atoms with Crippen LogP contribution in [0.2, 0.25) is 0 Å². The van der Waals surface area contributed by atoms with Crippen LogP contribution in [0.5, 0.6) is 17.2 Å². The maximum absolute atomic E-state index is 5.56. The first kappa shape index (κ1) is 19.2. The van der Waals surface area contributed by atoms with Crippen LogP contribution < -0.4 is 19.5 Å². The first-order valence-corrected chi connectivity index (χ1v) is 8.39. The van der Waals surface area contributed by atoms with Gasteiger partial charge in [-0.1, -0.05) is 0 Å². The van der Waals surface area contributed by atoms with Crippen LogP contribution in [0.15, 0.2) is 12.1 Å². The summed E-state index contributed by atoms with van der Waals surface area (Å²) in [7, 11) is 7.23. The van der Waals surface area contributed by atoms with E-state index in [1.807, 2.05) is 12.1 Å². The van der Waals surface area contributed by atoms with Crippen LogP contribution in [0.4, 0.5) is 0 Å². The third-order valence-electron chi connectivity index (χ3n) is 5.28. The lowest BCUT2D eigenvalue weighted by Gasteiger charge is -2.35. The zero-order valence-corrected chi connectivity index (χ0v) is 15.8. The molecule has 5 nitrogen and oxygen atoms in total. The molecule has 24 heavy (non-hydrogen) atoms. The van der Waals surface area contributed by atoms with Gasteiger partial charge >= 0.3 is 0 Å². The van der Waals surface area contributed by atoms with Crippen LogP contribution in [0.25, 0.3) is 0 Å². The number of nitrogens with zero attached hydrogens (tertiary/aromatic N) is 1. The summed E-state index contributed by atoms with van der Waals surface area (Å²) < 4.78 is 16.4. The van der Waals surface area contributed by atoms with E-state index in [1.165, 1.54) is 25.7 Å². The Labute approximate surface area is 151 Å². The fraction of sp³-hybridized carbons (Fsp3) is 0.667. The highest BCUT2D eigenvalue weighted by Crippen LogP contribution is 2.36. The van der Waals surface area contributed by atoms with Gasteiger partial charge in [0, 0.05) is 36.3 Å². The topological polar surface area (TPSA) is 43.0 Å². The number of rotatable bonds is 6. The lowest BCUT2D eigenvalue weighted by molar-refractivity contribution is 0.164. The Bertz CT molecular complexity index is 543. The first-order chi connectivity index (χ1) is 11.1. The predicted octanol–water partition coefficient (Wildman–Crippen LogP) is 2.85. The minimum absolute atomic E-state index is 0. The zero-order chi connectivity index (χ0) is 16.4. The van der Waals surface area contributed by atoms with Gasteiger partial charge in [0.25, 0.3) is 0 Å². The first-order valence-electron chi connectivity index (χ1n) is 8.39. The molecule has 2 bridgehead atoms. The molecule has 136 valence electrons. The minimum atomic E-state index is 0. The van der Waals surface area contributed by atoms with E-state index in [-0.39, 0.29) is 12.4 Å². The molecule has 2 atom stereocenters. The van der Waals surface area contributed by atoms with Gasteiger partial charge in [-0.25, -0.2) is 0 Å². The average Bonchev–Trinajstić information content (AvgIpc) is 2.92. The summed E-state index contributed by atoms with van der Waals surface area (Å²) in [6.07, 6.45) is 5.13. The Morgan fingerprint density at radius 1 is 0.958 bits per heavy atom. The van der Waals surface area contributed by atoms with Gasteiger partial charge < -0.3 is 19.5 Å². The van der Waals surface area contributed by atoms with Gasteiger partial charge in [0.2, 0.25) is 0 Å². The number of fused-ring (bicyclic) bond motifs is 2. The molecular formula is C18H29ClN2O3. The van der Waals surface area contributed by atoms with E-state index in [0.29, 0.717) is 23.9 Å². The van der Waals surface area contributed by atoms with Crippen molar-refractivity contribution in [3.8, 4) is 17.2 Å². The Morgan fingerprint density at radius 2 is 1.50 bits per heavy atom. The molecule has 1 aromatic rings. The predicted molar refractivity (Wildman–Crippen MR) is 97.8 cm³/mol. The molecule has 0 saturated carbocycles. The van der Waals surface area contributed by atoms with Crippen LogP contribution >= 0.6 is 12.4 Å². The minimum Gasteiger partial charge on any atom is -0.496 e. The van der Waals surface area contributed by atoms with Crippen molar-refractivity contribution in [3.05, 3.63) is 17.7 Å². The monoisotopic (exact) mass is 356 g/mol. The van der Waals surface area contributed by atoms with Gasteiger partial charge in [0.05, 0.1) is 21.3 Å². The second-order valence-electron chi connectivity index (χ2n) is 6.70. The quantitative estimate of drug-likeness (QED) is 0.849. The molecule has 1 aromatic carbocycles. The van der Waals surface area contributed by atoms with E-state index in [0.717, 1.165) is 23.6 Å². The number of benzene rings is 1. The number of hydrogen-bond acceptors (Lipinski definition) is 5. The SMILES string of the molecule is COc1cc(OC)c(OC)cc1CN(C)C1CC2CCC(C1)N2.Cl. The highest BCUT2D eigenvalue weighted by atomic mass is 35.5. The highest BCUT2D eigenvalue weighted by Gasteiger charge is 2.35. The Balaban J connectivity index is 0.00000208. The second-order valence-corrected chi connectivity index (χ2v) is 6.70. The summed E-state index contributed by atoms with van der Waals surface area (Å²) in [5.74, 6) is 2.31. The Morgan fingerprint density at radius 3 is 2.04 bits per heavy atom. The molecular weight excluding hydrogens is 328 g/mol. The molecule has 2 heterocycles. The van der Waals surface area contributed by atoms with E-state index < -0.39 is 0 Å². The molecule has 0 amide bonds. The summed E-state index contributed by atoms with van der Waals surface area (Å²) in [6, 6.07) is 5.98. The molecule has 2 fully saturated rings. The third-order valence-corrected chi connectivity index (χ3v) is 5.28. The molecule has 1 N–H and O–H groups in total. The van der Waals surface area contributed by atoms with Crippen molar-refractivity contribution in [3.63, 3.8) is 0 Å². The molecule has 0 spiro atoms. The van der Waals surface area contributed by atoms with Crippen molar-refractivity contribution < 1.29 is 14.2 Å². The van der Waals surface area contributed by atoms with Gasteiger partial charge in [-0.3, -0.25) is 4.90 Å². The standard InChI is InChI=1S/C18H28N2O3.ClH/c1-20(15-8-13-5-6-14(9-15)19-13)11-12-7-17(22-3)18(23-4)10-16(12)21-2;/h7,10,13-15,19H,5-6,8-9,11H2,1-4H3;1H. The van der Waals surface area contributed by atoms with Crippen molar-refractivity contribution in [2.75, 3.05) is 28.4 Å². The Kier molecular flexibility index (Phi) is 6.61.